The third kappa shape index (κ3) is 3.98. The van der Waals surface area contributed by atoms with Crippen LogP contribution >= 0.6 is 0 Å². The molecule has 0 saturated heterocycles. The first-order valence-electron chi connectivity index (χ1n) is 9.49. The minimum absolute atomic E-state index is 0.745. The molecule has 0 aliphatic carbocycles. The van der Waals surface area contributed by atoms with Gasteiger partial charge in [0.25, 0.3) is 0 Å². The zero-order valence-electron chi connectivity index (χ0n) is 15.9. The molecule has 1 aliphatic rings. The van der Waals surface area contributed by atoms with Gasteiger partial charge in [-0.15, -0.1) is 0 Å². The summed E-state index contributed by atoms with van der Waals surface area (Å²) in [5.41, 5.74) is 6.05. The molecule has 2 aromatic heterocycles. The summed E-state index contributed by atoms with van der Waals surface area (Å²) in [6.45, 7) is 8.13. The van der Waals surface area contributed by atoms with Crippen LogP contribution in [0.15, 0.2) is 48.8 Å². The van der Waals surface area contributed by atoms with Gasteiger partial charge < -0.3 is 5.32 Å². The van der Waals surface area contributed by atoms with Crippen LogP contribution in [0, 0.1) is 13.8 Å². The van der Waals surface area contributed by atoms with Crippen LogP contribution in [0.4, 0.5) is 5.82 Å². The summed E-state index contributed by atoms with van der Waals surface area (Å²) < 4.78 is 0. The third-order valence-electron chi connectivity index (χ3n) is 5.26. The summed E-state index contributed by atoms with van der Waals surface area (Å²) >= 11 is 0. The fourth-order valence-electron chi connectivity index (χ4n) is 3.51. The fourth-order valence-corrected chi connectivity index (χ4v) is 3.51. The van der Waals surface area contributed by atoms with E-state index in [0.717, 1.165) is 61.1 Å². The number of pyridine rings is 1. The normalized spacial score (nSPS) is 14.0. The Morgan fingerprint density at radius 1 is 1.00 bits per heavy atom. The van der Waals surface area contributed by atoms with E-state index < -0.39 is 0 Å². The van der Waals surface area contributed by atoms with Crippen LogP contribution in [0.2, 0.25) is 0 Å². The number of rotatable bonds is 5. The molecule has 138 valence electrons. The van der Waals surface area contributed by atoms with E-state index in [2.05, 4.69) is 51.4 Å². The van der Waals surface area contributed by atoms with E-state index in [9.17, 15) is 0 Å². The van der Waals surface area contributed by atoms with E-state index in [4.69, 9.17) is 4.98 Å². The van der Waals surface area contributed by atoms with Crippen LogP contribution in [-0.2, 0) is 13.0 Å². The van der Waals surface area contributed by atoms with Gasteiger partial charge in [-0.1, -0.05) is 24.3 Å². The molecular formula is C22H25N5. The van der Waals surface area contributed by atoms with E-state index >= 15 is 0 Å². The van der Waals surface area contributed by atoms with Crippen molar-refractivity contribution in [3.8, 4) is 11.4 Å². The van der Waals surface area contributed by atoms with Gasteiger partial charge in [-0.05, 0) is 43.5 Å². The van der Waals surface area contributed by atoms with Crippen molar-refractivity contribution < 1.29 is 0 Å². The Labute approximate surface area is 160 Å². The van der Waals surface area contributed by atoms with E-state index in [1.54, 1.807) is 12.4 Å². The minimum atomic E-state index is 0.745. The molecule has 0 spiro atoms. The van der Waals surface area contributed by atoms with Gasteiger partial charge in [-0.2, -0.15) is 0 Å². The number of nitrogens with zero attached hydrogens (tertiary/aromatic N) is 4. The summed E-state index contributed by atoms with van der Waals surface area (Å²) in [5.74, 6) is 1.67. The van der Waals surface area contributed by atoms with E-state index in [-0.39, 0.29) is 0 Å². The smallest absolute Gasteiger partial charge is 0.161 e. The molecular weight excluding hydrogens is 334 g/mol. The van der Waals surface area contributed by atoms with Gasteiger partial charge in [0, 0.05) is 55.4 Å². The molecule has 0 amide bonds. The van der Waals surface area contributed by atoms with Crippen molar-refractivity contribution in [3.05, 3.63) is 71.2 Å². The van der Waals surface area contributed by atoms with Crippen molar-refractivity contribution in [2.75, 3.05) is 25.0 Å². The Kier molecular flexibility index (Phi) is 5.12. The Hall–Kier alpha value is -2.79. The Bertz CT molecular complexity index is 923. The minimum Gasteiger partial charge on any atom is -0.368 e. The molecule has 3 heterocycles. The maximum absolute atomic E-state index is 4.75. The summed E-state index contributed by atoms with van der Waals surface area (Å²) in [4.78, 5) is 16.0. The molecule has 0 bridgehead atoms. The number of anilines is 1. The van der Waals surface area contributed by atoms with Gasteiger partial charge in [0.15, 0.2) is 5.82 Å². The van der Waals surface area contributed by atoms with Crippen molar-refractivity contribution in [1.82, 2.24) is 19.9 Å². The molecule has 0 radical (unpaired) electrons. The largest absolute Gasteiger partial charge is 0.368 e. The number of nitrogens with one attached hydrogen (secondary N) is 1. The number of hydrogen-bond acceptors (Lipinski definition) is 5. The third-order valence-corrected chi connectivity index (χ3v) is 5.26. The first kappa shape index (κ1) is 17.6. The lowest BCUT2D eigenvalue weighted by Crippen LogP contribution is -2.34. The van der Waals surface area contributed by atoms with E-state index in [1.165, 1.54) is 11.1 Å². The molecule has 1 aliphatic heterocycles. The van der Waals surface area contributed by atoms with Crippen LogP contribution in [0.1, 0.15) is 22.4 Å². The average molecular weight is 359 g/mol. The standard InChI is InChI=1S/C22H25N5/c1-16-17(2)25-22(19-7-10-23-11-8-19)26-21(16)24-12-14-27-13-9-18-5-3-4-6-20(18)15-27/h3-8,10-11H,9,12-15H2,1-2H3,(H,24,25,26). The molecule has 4 rings (SSSR count). The number of aromatic nitrogens is 3. The maximum atomic E-state index is 4.75. The summed E-state index contributed by atoms with van der Waals surface area (Å²) in [5, 5.41) is 3.53. The predicted octanol–water partition coefficient (Wildman–Crippen LogP) is 3.63. The quantitative estimate of drug-likeness (QED) is 0.754. The van der Waals surface area contributed by atoms with Crippen molar-refractivity contribution in [2.24, 2.45) is 0 Å². The molecule has 1 aromatic carbocycles. The van der Waals surface area contributed by atoms with Gasteiger partial charge in [0.1, 0.15) is 5.82 Å². The number of fused-ring (bicyclic) bond motifs is 1. The zero-order valence-corrected chi connectivity index (χ0v) is 15.9. The van der Waals surface area contributed by atoms with E-state index in [1.807, 2.05) is 19.1 Å². The zero-order chi connectivity index (χ0) is 18.6. The summed E-state index contributed by atoms with van der Waals surface area (Å²) in [6.07, 6.45) is 4.68. The highest BCUT2D eigenvalue weighted by atomic mass is 15.2. The Morgan fingerprint density at radius 2 is 1.78 bits per heavy atom. The monoisotopic (exact) mass is 359 g/mol. The molecule has 0 saturated carbocycles. The van der Waals surface area contributed by atoms with Crippen LogP contribution in [0.3, 0.4) is 0 Å². The van der Waals surface area contributed by atoms with Crippen molar-refractivity contribution in [2.45, 2.75) is 26.8 Å². The molecule has 3 aromatic rings. The van der Waals surface area contributed by atoms with E-state index in [0.29, 0.717) is 0 Å². The van der Waals surface area contributed by atoms with Gasteiger partial charge >= 0.3 is 0 Å². The van der Waals surface area contributed by atoms with Gasteiger partial charge in [0.05, 0.1) is 0 Å². The lowest BCUT2D eigenvalue weighted by Gasteiger charge is -2.28. The maximum Gasteiger partial charge on any atom is 0.161 e. The van der Waals surface area contributed by atoms with Crippen LogP contribution in [0.25, 0.3) is 11.4 Å². The molecule has 5 heteroatoms. The van der Waals surface area contributed by atoms with Crippen molar-refractivity contribution in [1.29, 1.82) is 0 Å². The predicted molar refractivity (Wildman–Crippen MR) is 109 cm³/mol. The molecule has 0 fully saturated rings. The van der Waals surface area contributed by atoms with Gasteiger partial charge in [0.2, 0.25) is 0 Å². The molecule has 0 unspecified atom stereocenters. The second-order valence-corrected chi connectivity index (χ2v) is 7.06. The van der Waals surface area contributed by atoms with Gasteiger partial charge in [-0.25, -0.2) is 9.97 Å². The number of hydrogen-bond donors (Lipinski definition) is 1. The second-order valence-electron chi connectivity index (χ2n) is 7.06. The first-order chi connectivity index (χ1) is 13.2. The first-order valence-corrected chi connectivity index (χ1v) is 9.49. The number of benzene rings is 1. The second kappa shape index (κ2) is 7.84. The topological polar surface area (TPSA) is 53.9 Å². The van der Waals surface area contributed by atoms with Crippen LogP contribution in [-0.4, -0.2) is 39.5 Å². The highest BCUT2D eigenvalue weighted by molar-refractivity contribution is 5.59. The molecule has 27 heavy (non-hydrogen) atoms. The molecule has 0 atom stereocenters. The summed E-state index contributed by atoms with van der Waals surface area (Å²) in [6, 6.07) is 12.6. The van der Waals surface area contributed by atoms with Crippen molar-refractivity contribution >= 4 is 5.82 Å². The highest BCUT2D eigenvalue weighted by Crippen LogP contribution is 2.21. The molecule has 1 N–H and O–H groups in total. The molecule has 5 nitrogen and oxygen atoms in total. The van der Waals surface area contributed by atoms with Crippen molar-refractivity contribution in [3.63, 3.8) is 0 Å². The lowest BCUT2D eigenvalue weighted by atomic mass is 10.00. The highest BCUT2D eigenvalue weighted by Gasteiger charge is 2.15. The summed E-state index contributed by atoms with van der Waals surface area (Å²) in [7, 11) is 0. The Morgan fingerprint density at radius 3 is 2.59 bits per heavy atom. The lowest BCUT2D eigenvalue weighted by molar-refractivity contribution is 0.264. The van der Waals surface area contributed by atoms with Crippen LogP contribution < -0.4 is 5.32 Å². The SMILES string of the molecule is Cc1nc(-c2ccncc2)nc(NCCN2CCc3ccccc3C2)c1C. The fraction of sp³-hybridized carbons (Fsp3) is 0.318. The Balaban J connectivity index is 1.42. The number of aryl methyl sites for hydroxylation is 1. The van der Waals surface area contributed by atoms with Gasteiger partial charge in [-0.3, -0.25) is 9.88 Å². The van der Waals surface area contributed by atoms with Crippen LogP contribution in [0.5, 0.6) is 0 Å². The average Bonchev–Trinajstić information content (AvgIpc) is 2.71.